The largest absolute Gasteiger partial charge is 0.854 e. The first-order valence-corrected chi connectivity index (χ1v) is 11.5. The Labute approximate surface area is 190 Å². The number of carbonyl (C=O) groups is 1. The number of thioether (sulfide) groups is 1. The van der Waals surface area contributed by atoms with Crippen LogP contribution in [0, 0.1) is 0 Å². The summed E-state index contributed by atoms with van der Waals surface area (Å²) in [6.07, 6.45) is 1.42. The average Bonchev–Trinajstić information content (AvgIpc) is 2.82. The number of rotatable bonds is 6. The van der Waals surface area contributed by atoms with Gasteiger partial charge in [-0.25, -0.2) is 9.88 Å². The van der Waals surface area contributed by atoms with Gasteiger partial charge in [0.25, 0.3) is 17.0 Å². The Bertz CT molecular complexity index is 1170. The van der Waals surface area contributed by atoms with Crippen molar-refractivity contribution in [1.82, 2.24) is 10.1 Å². The van der Waals surface area contributed by atoms with Gasteiger partial charge < -0.3 is 14.6 Å². The fourth-order valence-electron chi connectivity index (χ4n) is 3.88. The lowest BCUT2D eigenvalue weighted by molar-refractivity contribution is -0.764. The number of amides is 1. The van der Waals surface area contributed by atoms with Crippen molar-refractivity contribution in [3.63, 3.8) is 0 Å². The highest BCUT2D eigenvalue weighted by Gasteiger charge is 2.44. The number of hydrogen-bond acceptors (Lipinski definition) is 7. The highest BCUT2D eigenvalue weighted by atomic mass is 32.2. The molecular formula is C23H24N4O4S. The number of hydrogen-bond donors (Lipinski definition) is 0. The molecule has 2 aromatic carbocycles. The molecule has 0 bridgehead atoms. The molecule has 8 nitrogen and oxygen atoms in total. The number of carbonyl (C=O) groups excluding carboxylic acids is 1. The Morgan fingerprint density at radius 3 is 2.69 bits per heavy atom. The number of ether oxygens (including phenoxy) is 2. The Morgan fingerprint density at radius 2 is 2.00 bits per heavy atom. The molecule has 0 N–H and O–H groups in total. The summed E-state index contributed by atoms with van der Waals surface area (Å²) < 4.78 is 12.8. The zero-order chi connectivity index (χ0) is 22.8. The number of fused-ring (bicyclic) bond motifs is 3. The molecule has 0 saturated heterocycles. The second-order valence-electron chi connectivity index (χ2n) is 7.05. The van der Waals surface area contributed by atoms with Crippen LogP contribution in [0.1, 0.15) is 32.0 Å². The van der Waals surface area contributed by atoms with E-state index in [2.05, 4.69) is 10.1 Å². The molecule has 1 amide bonds. The van der Waals surface area contributed by atoms with Crippen molar-refractivity contribution in [3.05, 3.63) is 48.0 Å². The van der Waals surface area contributed by atoms with Gasteiger partial charge in [0.15, 0.2) is 11.5 Å². The number of methoxy groups -OCH3 is 1. The zero-order valence-electron chi connectivity index (χ0n) is 18.4. The molecule has 166 valence electrons. The van der Waals surface area contributed by atoms with E-state index in [0.717, 1.165) is 5.56 Å². The molecule has 2 heterocycles. The van der Waals surface area contributed by atoms with Gasteiger partial charge in [-0.05, 0) is 43.5 Å². The first-order chi connectivity index (χ1) is 15.5. The molecule has 0 spiro atoms. The molecule has 4 rings (SSSR count). The van der Waals surface area contributed by atoms with E-state index in [-0.39, 0.29) is 11.8 Å². The van der Waals surface area contributed by atoms with Crippen LogP contribution in [0.2, 0.25) is 0 Å². The highest BCUT2D eigenvalue weighted by molar-refractivity contribution is 7.98. The van der Waals surface area contributed by atoms with E-state index in [0.29, 0.717) is 46.6 Å². The van der Waals surface area contributed by atoms with Crippen molar-refractivity contribution >= 4 is 23.4 Å². The first kappa shape index (κ1) is 21.9. The van der Waals surface area contributed by atoms with Gasteiger partial charge in [0.2, 0.25) is 5.91 Å². The van der Waals surface area contributed by atoms with Crippen molar-refractivity contribution < 1.29 is 24.1 Å². The van der Waals surface area contributed by atoms with Crippen LogP contribution in [0.3, 0.4) is 0 Å². The van der Waals surface area contributed by atoms with Gasteiger partial charge in [0, 0.05) is 17.1 Å². The lowest BCUT2D eigenvalue weighted by Crippen LogP contribution is -2.59. The minimum absolute atomic E-state index is 0.0915. The van der Waals surface area contributed by atoms with Crippen molar-refractivity contribution in [1.29, 1.82) is 0 Å². The van der Waals surface area contributed by atoms with Crippen molar-refractivity contribution in [2.24, 2.45) is 0 Å². The molecule has 0 radical (unpaired) electrons. The molecule has 1 aromatic heterocycles. The highest BCUT2D eigenvalue weighted by Crippen LogP contribution is 2.42. The van der Waals surface area contributed by atoms with E-state index < -0.39 is 6.17 Å². The Balaban J connectivity index is 2.03. The third-order valence-electron chi connectivity index (χ3n) is 5.26. The summed E-state index contributed by atoms with van der Waals surface area (Å²) in [6.45, 7) is 4.16. The van der Waals surface area contributed by atoms with Crippen LogP contribution in [0.4, 0.5) is 5.69 Å². The third kappa shape index (κ3) is 3.62. The van der Waals surface area contributed by atoms with E-state index in [9.17, 15) is 9.90 Å². The minimum Gasteiger partial charge on any atom is -0.854 e. The van der Waals surface area contributed by atoms with Crippen LogP contribution in [-0.2, 0) is 4.79 Å². The second kappa shape index (κ2) is 9.04. The maximum atomic E-state index is 13.2. The van der Waals surface area contributed by atoms with Crippen LogP contribution >= 0.6 is 11.8 Å². The lowest BCUT2D eigenvalue weighted by Gasteiger charge is -2.33. The molecule has 3 aromatic rings. The van der Waals surface area contributed by atoms with E-state index in [1.807, 2.05) is 56.5 Å². The Kier molecular flexibility index (Phi) is 6.18. The topological polar surface area (TPSA) is 91.5 Å². The Hall–Kier alpha value is -3.33. The predicted molar refractivity (Wildman–Crippen MR) is 119 cm³/mol. The van der Waals surface area contributed by atoms with Gasteiger partial charge in [0.05, 0.1) is 30.8 Å². The molecule has 0 fully saturated rings. The summed E-state index contributed by atoms with van der Waals surface area (Å²) in [4.78, 5) is 19.0. The average molecular weight is 453 g/mol. The number of aromatic nitrogens is 3. The summed E-state index contributed by atoms with van der Waals surface area (Å²) >= 11 is 1.28. The maximum absolute atomic E-state index is 13.2. The van der Waals surface area contributed by atoms with Gasteiger partial charge in [-0.2, -0.15) is 0 Å². The van der Waals surface area contributed by atoms with E-state index in [1.165, 1.54) is 11.8 Å². The second-order valence-corrected chi connectivity index (χ2v) is 7.82. The van der Waals surface area contributed by atoms with Crippen LogP contribution in [0.5, 0.6) is 17.4 Å². The number of anilines is 1. The van der Waals surface area contributed by atoms with Crippen LogP contribution in [0.15, 0.2) is 47.6 Å². The molecule has 0 saturated carbocycles. The van der Waals surface area contributed by atoms with Gasteiger partial charge in [-0.15, -0.1) is 0 Å². The standard InChI is InChI=1S/C23H24N4O4S/c1-5-19(28)26-16-10-8-7-9-15(16)20-21(29)24-23(32-4)25-27(20)22(26)14-11-12-17(30-3)18(13-14)31-6-2/h7-13,22H,5-6H2,1-4H3. The summed E-state index contributed by atoms with van der Waals surface area (Å²) in [5.41, 5.74) is 2.36. The monoisotopic (exact) mass is 452 g/mol. The summed E-state index contributed by atoms with van der Waals surface area (Å²) in [6, 6.07) is 12.8. The summed E-state index contributed by atoms with van der Waals surface area (Å²) in [5, 5.41) is 18.0. The lowest BCUT2D eigenvalue weighted by atomic mass is 10.0. The molecule has 1 unspecified atom stereocenters. The van der Waals surface area contributed by atoms with Gasteiger partial charge >= 0.3 is 0 Å². The third-order valence-corrected chi connectivity index (χ3v) is 5.79. The zero-order valence-corrected chi connectivity index (χ0v) is 19.2. The summed E-state index contributed by atoms with van der Waals surface area (Å²) in [5.74, 6) is 0.663. The van der Waals surface area contributed by atoms with Crippen molar-refractivity contribution in [2.45, 2.75) is 31.6 Å². The minimum atomic E-state index is -0.681. The fraction of sp³-hybridized carbons (Fsp3) is 0.304. The number of para-hydroxylation sites is 1. The summed E-state index contributed by atoms with van der Waals surface area (Å²) in [7, 11) is 1.58. The number of benzene rings is 2. The van der Waals surface area contributed by atoms with Gasteiger partial charge in [-0.1, -0.05) is 35.5 Å². The van der Waals surface area contributed by atoms with E-state index in [4.69, 9.17) is 9.47 Å². The quantitative estimate of drug-likeness (QED) is 0.419. The van der Waals surface area contributed by atoms with Crippen molar-refractivity contribution in [3.8, 4) is 28.6 Å². The maximum Gasteiger partial charge on any atom is 0.293 e. The Morgan fingerprint density at radius 1 is 1.22 bits per heavy atom. The normalized spacial score (nSPS) is 14.5. The molecule has 1 aliphatic heterocycles. The molecule has 1 aliphatic rings. The molecule has 32 heavy (non-hydrogen) atoms. The predicted octanol–water partition coefficient (Wildman–Crippen LogP) is 2.94. The first-order valence-electron chi connectivity index (χ1n) is 10.3. The van der Waals surface area contributed by atoms with Gasteiger partial charge in [-0.3, -0.25) is 4.79 Å². The smallest absolute Gasteiger partial charge is 0.293 e. The molecule has 9 heteroatoms. The van der Waals surface area contributed by atoms with Crippen molar-refractivity contribution in [2.75, 3.05) is 24.9 Å². The van der Waals surface area contributed by atoms with Crippen LogP contribution in [-0.4, -0.2) is 36.0 Å². The fourth-order valence-corrected chi connectivity index (χ4v) is 4.23. The van der Waals surface area contributed by atoms with E-state index in [1.54, 1.807) is 22.8 Å². The SMILES string of the molecule is CCOc1cc(C2N(C(=O)CC)c3ccccc3-c3c([O-])nc(SC)n[n+]32)ccc1OC. The van der Waals surface area contributed by atoms with Crippen LogP contribution in [0.25, 0.3) is 11.3 Å². The molecular weight excluding hydrogens is 428 g/mol. The van der Waals surface area contributed by atoms with Crippen LogP contribution < -0.4 is 24.2 Å². The molecule has 1 atom stereocenters. The molecule has 0 aliphatic carbocycles. The van der Waals surface area contributed by atoms with E-state index >= 15 is 0 Å². The van der Waals surface area contributed by atoms with Gasteiger partial charge in [0.1, 0.15) is 0 Å². The number of nitrogens with zero attached hydrogens (tertiary/aromatic N) is 4.